The molecule has 1 aliphatic rings. The summed E-state index contributed by atoms with van der Waals surface area (Å²) in [6.07, 6.45) is 1.05. The van der Waals surface area contributed by atoms with Gasteiger partial charge in [-0.1, -0.05) is 25.4 Å². The molecule has 25 heavy (non-hydrogen) atoms. The number of nitrogens with two attached hydrogens (primary N) is 1. The molecule has 6 heteroatoms. The van der Waals surface area contributed by atoms with Gasteiger partial charge in [-0.3, -0.25) is 4.90 Å². The van der Waals surface area contributed by atoms with Gasteiger partial charge in [-0.15, -0.1) is 12.4 Å². The largest absolute Gasteiger partial charge is 0.327 e. The predicted octanol–water partition coefficient (Wildman–Crippen LogP) is 4.12. The van der Waals surface area contributed by atoms with Crippen LogP contribution >= 0.6 is 24.0 Å². The summed E-state index contributed by atoms with van der Waals surface area (Å²) in [6.45, 7) is 11.8. The summed E-state index contributed by atoms with van der Waals surface area (Å²) in [6, 6.07) is 8.11. The van der Waals surface area contributed by atoms with Crippen LogP contribution in [0.5, 0.6) is 0 Å². The van der Waals surface area contributed by atoms with E-state index in [0.717, 1.165) is 42.5 Å². The van der Waals surface area contributed by atoms with Crippen LogP contribution in [0.4, 0.5) is 0 Å². The van der Waals surface area contributed by atoms with E-state index in [-0.39, 0.29) is 23.9 Å². The summed E-state index contributed by atoms with van der Waals surface area (Å²) in [4.78, 5) is 2.51. The van der Waals surface area contributed by atoms with Crippen molar-refractivity contribution in [1.29, 1.82) is 0 Å². The quantitative estimate of drug-likeness (QED) is 0.867. The predicted molar refractivity (Wildman–Crippen MR) is 107 cm³/mol. The van der Waals surface area contributed by atoms with Crippen LogP contribution in [0.25, 0.3) is 5.69 Å². The van der Waals surface area contributed by atoms with E-state index in [9.17, 15) is 0 Å². The van der Waals surface area contributed by atoms with Crippen LogP contribution < -0.4 is 5.73 Å². The Morgan fingerprint density at radius 2 is 1.88 bits per heavy atom. The molecule has 0 spiro atoms. The lowest BCUT2D eigenvalue weighted by molar-refractivity contribution is 0.0896. The van der Waals surface area contributed by atoms with Gasteiger partial charge in [0.1, 0.15) is 0 Å². The third kappa shape index (κ3) is 4.20. The summed E-state index contributed by atoms with van der Waals surface area (Å²) in [5, 5.41) is 5.49. The second-order valence-electron chi connectivity index (χ2n) is 7.63. The lowest BCUT2D eigenvalue weighted by Crippen LogP contribution is -2.52. The maximum absolute atomic E-state index is 6.27. The Kier molecular flexibility index (Phi) is 6.21. The second kappa shape index (κ2) is 7.67. The Morgan fingerprint density at radius 3 is 2.48 bits per heavy atom. The van der Waals surface area contributed by atoms with Crippen molar-refractivity contribution >= 4 is 24.0 Å². The van der Waals surface area contributed by atoms with Crippen LogP contribution in [0.3, 0.4) is 0 Å². The first-order valence-electron chi connectivity index (χ1n) is 8.57. The van der Waals surface area contributed by atoms with E-state index in [2.05, 4.69) is 32.6 Å². The number of likely N-dealkylation sites (tertiary alicyclic amines) is 1. The van der Waals surface area contributed by atoms with Crippen molar-refractivity contribution in [3.63, 3.8) is 0 Å². The van der Waals surface area contributed by atoms with Crippen molar-refractivity contribution < 1.29 is 0 Å². The normalized spacial score (nSPS) is 20.3. The zero-order valence-electron chi connectivity index (χ0n) is 15.4. The summed E-state index contributed by atoms with van der Waals surface area (Å²) in [5.74, 6) is 0. The fourth-order valence-electron chi connectivity index (χ4n) is 3.58. The molecule has 1 aliphatic heterocycles. The van der Waals surface area contributed by atoms with Crippen LogP contribution in [0.2, 0.25) is 5.02 Å². The van der Waals surface area contributed by atoms with Gasteiger partial charge in [0.05, 0.1) is 11.4 Å². The highest BCUT2D eigenvalue weighted by molar-refractivity contribution is 6.30. The van der Waals surface area contributed by atoms with Crippen molar-refractivity contribution in [3.05, 3.63) is 46.2 Å². The highest BCUT2D eigenvalue weighted by Crippen LogP contribution is 2.30. The number of aromatic nitrogens is 2. The zero-order valence-corrected chi connectivity index (χ0v) is 17.0. The molecule has 138 valence electrons. The monoisotopic (exact) mass is 382 g/mol. The third-order valence-electron chi connectivity index (χ3n) is 5.29. The Bertz CT molecular complexity index is 722. The summed E-state index contributed by atoms with van der Waals surface area (Å²) >= 11 is 6.00. The van der Waals surface area contributed by atoms with Crippen LogP contribution in [0, 0.1) is 19.3 Å². The molecular weight excluding hydrogens is 355 g/mol. The van der Waals surface area contributed by atoms with Crippen LogP contribution in [0.15, 0.2) is 24.3 Å². The Morgan fingerprint density at radius 1 is 1.24 bits per heavy atom. The van der Waals surface area contributed by atoms with E-state index in [1.54, 1.807) is 0 Å². The maximum atomic E-state index is 6.27. The SMILES string of the molecule is Cc1nn(-c2ccc(Cl)cc2)c(C)c1CN1CCC(N)C(C)(C)C1.Cl. The van der Waals surface area contributed by atoms with Crippen molar-refractivity contribution in [2.24, 2.45) is 11.1 Å². The first-order chi connectivity index (χ1) is 11.3. The summed E-state index contributed by atoms with van der Waals surface area (Å²) in [7, 11) is 0. The molecule has 1 aromatic carbocycles. The minimum Gasteiger partial charge on any atom is -0.327 e. The number of nitrogens with zero attached hydrogens (tertiary/aromatic N) is 3. The first kappa shape index (κ1) is 20.2. The topological polar surface area (TPSA) is 47.1 Å². The number of hydrogen-bond donors (Lipinski definition) is 1. The van der Waals surface area contributed by atoms with E-state index in [0.29, 0.717) is 0 Å². The number of halogens is 2. The molecule has 1 atom stereocenters. The fraction of sp³-hybridized carbons (Fsp3) is 0.526. The van der Waals surface area contributed by atoms with E-state index in [1.807, 2.05) is 28.9 Å². The van der Waals surface area contributed by atoms with Crippen molar-refractivity contribution in [3.8, 4) is 5.69 Å². The van der Waals surface area contributed by atoms with E-state index < -0.39 is 0 Å². The minimum absolute atomic E-state index is 0. The molecule has 0 bridgehead atoms. The van der Waals surface area contributed by atoms with Gasteiger partial charge in [0.15, 0.2) is 0 Å². The maximum Gasteiger partial charge on any atom is 0.0649 e. The molecule has 1 aromatic heterocycles. The molecule has 4 nitrogen and oxygen atoms in total. The van der Waals surface area contributed by atoms with Gasteiger partial charge in [-0.2, -0.15) is 5.10 Å². The molecule has 2 heterocycles. The average molecular weight is 383 g/mol. The molecular formula is C19H28Cl2N4. The fourth-order valence-corrected chi connectivity index (χ4v) is 3.71. The van der Waals surface area contributed by atoms with Crippen LogP contribution in [0.1, 0.15) is 37.2 Å². The molecule has 0 amide bonds. The smallest absolute Gasteiger partial charge is 0.0649 e. The van der Waals surface area contributed by atoms with Gasteiger partial charge < -0.3 is 5.73 Å². The molecule has 0 radical (unpaired) electrons. The molecule has 1 fully saturated rings. The van der Waals surface area contributed by atoms with Crippen molar-refractivity contribution in [1.82, 2.24) is 14.7 Å². The molecule has 2 aromatic rings. The van der Waals surface area contributed by atoms with Gasteiger partial charge in [-0.05, 0) is 49.9 Å². The molecule has 1 saturated heterocycles. The van der Waals surface area contributed by atoms with E-state index in [4.69, 9.17) is 22.4 Å². The number of rotatable bonds is 3. The Labute approximate surface area is 161 Å². The minimum atomic E-state index is 0. The van der Waals surface area contributed by atoms with Gasteiger partial charge in [0, 0.05) is 42.0 Å². The van der Waals surface area contributed by atoms with Gasteiger partial charge in [0.2, 0.25) is 0 Å². The van der Waals surface area contributed by atoms with Gasteiger partial charge in [-0.25, -0.2) is 4.68 Å². The zero-order chi connectivity index (χ0) is 17.5. The van der Waals surface area contributed by atoms with E-state index >= 15 is 0 Å². The summed E-state index contributed by atoms with van der Waals surface area (Å²) in [5.41, 5.74) is 11.1. The van der Waals surface area contributed by atoms with Gasteiger partial charge in [0.25, 0.3) is 0 Å². The van der Waals surface area contributed by atoms with Crippen LogP contribution in [-0.4, -0.2) is 33.8 Å². The number of aryl methyl sites for hydroxylation is 1. The second-order valence-corrected chi connectivity index (χ2v) is 8.07. The van der Waals surface area contributed by atoms with Gasteiger partial charge >= 0.3 is 0 Å². The average Bonchev–Trinajstić information content (AvgIpc) is 2.79. The van der Waals surface area contributed by atoms with E-state index in [1.165, 1.54) is 11.3 Å². The molecule has 3 rings (SSSR count). The Balaban J connectivity index is 0.00000225. The molecule has 0 saturated carbocycles. The van der Waals surface area contributed by atoms with Crippen LogP contribution in [-0.2, 0) is 6.54 Å². The molecule has 1 unspecified atom stereocenters. The highest BCUT2D eigenvalue weighted by Gasteiger charge is 2.33. The number of benzene rings is 1. The number of hydrogen-bond acceptors (Lipinski definition) is 3. The first-order valence-corrected chi connectivity index (χ1v) is 8.95. The Hall–Kier alpha value is -1.07. The summed E-state index contributed by atoms with van der Waals surface area (Å²) < 4.78 is 2.02. The highest BCUT2D eigenvalue weighted by atomic mass is 35.5. The molecule has 0 aliphatic carbocycles. The van der Waals surface area contributed by atoms with Crippen molar-refractivity contribution in [2.45, 2.75) is 46.7 Å². The molecule has 2 N–H and O–H groups in total. The lowest BCUT2D eigenvalue weighted by Gasteiger charge is -2.42. The third-order valence-corrected chi connectivity index (χ3v) is 5.54. The van der Waals surface area contributed by atoms with Crippen molar-refractivity contribution in [2.75, 3.05) is 13.1 Å². The standard InChI is InChI=1S/C19H27ClN4.ClH/c1-13-17(11-23-10-9-18(21)19(3,4)12-23)14(2)24(22-13)16-7-5-15(20)6-8-16;/h5-8,18H,9-12,21H2,1-4H3;1H. The lowest BCUT2D eigenvalue weighted by atomic mass is 9.79. The number of piperidine rings is 1.